The molecule has 318 valence electrons. The van der Waals surface area contributed by atoms with Gasteiger partial charge in [0.15, 0.2) is 5.16 Å². The monoisotopic (exact) mass is 852 g/mol. The summed E-state index contributed by atoms with van der Waals surface area (Å²) in [5, 5.41) is 23.8. The number of nitrogen functional groups attached to an aromatic ring is 1. The molecule has 0 spiro atoms. The third-order valence-corrected chi connectivity index (χ3v) is 11.8. The molecule has 2 aliphatic carbocycles. The highest BCUT2D eigenvalue weighted by molar-refractivity contribution is 7.98. The number of amides is 2. The molecule has 0 aliphatic heterocycles. The van der Waals surface area contributed by atoms with E-state index in [1.165, 1.54) is 17.8 Å². The molecular formula is C45H48N12O4S. The number of hydrogen-bond acceptors (Lipinski definition) is 13. The normalized spacial score (nSPS) is 18.2. The van der Waals surface area contributed by atoms with Crippen LogP contribution in [0.25, 0.3) is 22.1 Å². The first kappa shape index (κ1) is 44.4. The van der Waals surface area contributed by atoms with Crippen LogP contribution in [0.1, 0.15) is 109 Å². The molecule has 2 aliphatic rings. The van der Waals surface area contributed by atoms with Crippen LogP contribution in [0.4, 0.5) is 17.3 Å². The van der Waals surface area contributed by atoms with E-state index in [0.29, 0.717) is 62.1 Å². The zero-order valence-corrected chi connectivity index (χ0v) is 35.6. The van der Waals surface area contributed by atoms with E-state index in [1.807, 2.05) is 18.4 Å². The number of nitrogens with two attached hydrogens (primary N) is 3. The fourth-order valence-electron chi connectivity index (χ4n) is 7.79. The largest absolute Gasteiger partial charge is 0.399 e. The zero-order valence-electron chi connectivity index (χ0n) is 34.7. The summed E-state index contributed by atoms with van der Waals surface area (Å²) in [6.07, 6.45) is 13.2. The van der Waals surface area contributed by atoms with E-state index < -0.39 is 11.8 Å². The van der Waals surface area contributed by atoms with E-state index in [0.717, 1.165) is 56.8 Å². The van der Waals surface area contributed by atoms with Crippen molar-refractivity contribution < 1.29 is 9.59 Å². The third-order valence-electron chi connectivity index (χ3n) is 11.2. The Labute approximate surface area is 362 Å². The van der Waals surface area contributed by atoms with Gasteiger partial charge in [-0.1, -0.05) is 37.7 Å². The number of nitrogens with zero attached hydrogens (tertiary/aromatic N) is 8. The topological polar surface area (TPSA) is 267 Å². The molecule has 6 aromatic rings. The average molecular weight is 853 g/mol. The number of pyridine rings is 2. The number of carbonyl (C=O) groups excluding carboxylic acids is 2. The van der Waals surface area contributed by atoms with Gasteiger partial charge in [0.1, 0.15) is 34.6 Å². The molecule has 17 heteroatoms. The van der Waals surface area contributed by atoms with E-state index in [4.69, 9.17) is 17.2 Å². The van der Waals surface area contributed by atoms with Crippen molar-refractivity contribution in [1.29, 1.82) is 10.5 Å². The van der Waals surface area contributed by atoms with Crippen LogP contribution in [0.3, 0.4) is 0 Å². The molecule has 7 N–H and O–H groups in total. The molecule has 0 radical (unpaired) electrons. The Balaban J connectivity index is 0.000000175. The third kappa shape index (κ3) is 10.4. The van der Waals surface area contributed by atoms with Crippen molar-refractivity contribution in [1.82, 2.24) is 29.1 Å². The maximum atomic E-state index is 13.0. The molecule has 0 unspecified atom stereocenters. The molecule has 16 nitrogen and oxygen atoms in total. The van der Waals surface area contributed by atoms with E-state index in [-0.39, 0.29) is 34.3 Å². The number of fused-ring (bicyclic) bond motifs is 2. The number of nitrogens with one attached hydrogen (secondary N) is 1. The van der Waals surface area contributed by atoms with Gasteiger partial charge >= 0.3 is 0 Å². The van der Waals surface area contributed by atoms with Crippen LogP contribution < -0.4 is 33.6 Å². The molecule has 0 atom stereocenters. The lowest BCUT2D eigenvalue weighted by molar-refractivity contribution is 0.0992. The Morgan fingerprint density at radius 1 is 0.710 bits per heavy atom. The highest BCUT2D eigenvalue weighted by Crippen LogP contribution is 2.34. The molecule has 2 aromatic carbocycles. The summed E-state index contributed by atoms with van der Waals surface area (Å²) < 4.78 is 3.40. The number of primary amides is 2. The highest BCUT2D eigenvalue weighted by atomic mass is 32.2. The second kappa shape index (κ2) is 20.0. The minimum absolute atomic E-state index is 0.00504. The van der Waals surface area contributed by atoms with E-state index >= 15 is 0 Å². The molecular weight excluding hydrogens is 805 g/mol. The number of carbonyl (C=O) groups is 2. The summed E-state index contributed by atoms with van der Waals surface area (Å²) in [6, 6.07) is 20.6. The molecule has 2 amide bonds. The minimum Gasteiger partial charge on any atom is -0.399 e. The summed E-state index contributed by atoms with van der Waals surface area (Å²) in [7, 11) is 0. The summed E-state index contributed by atoms with van der Waals surface area (Å²) in [6.45, 7) is 4.46. The lowest BCUT2D eigenvalue weighted by atomic mass is 9.87. The van der Waals surface area contributed by atoms with Crippen molar-refractivity contribution in [3.8, 4) is 12.1 Å². The van der Waals surface area contributed by atoms with Crippen LogP contribution in [-0.2, 0) is 0 Å². The first-order valence-electron chi connectivity index (χ1n) is 20.3. The van der Waals surface area contributed by atoms with Crippen molar-refractivity contribution in [2.45, 2.75) is 82.5 Å². The lowest BCUT2D eigenvalue weighted by Crippen LogP contribution is -2.30. The maximum absolute atomic E-state index is 13.0. The number of anilines is 3. The van der Waals surface area contributed by atoms with Crippen LogP contribution >= 0.6 is 11.8 Å². The standard InChI is InChI=1S/C22H22N6O2.C16H18N4OS.C7H8N2O/c1-13-5-7-18(8-6-13)28-20-16(9-15(11-23)21(28)30)12-25-22(27-20)26-17-4-2-3-14(10-17)19(24)29;1-10-3-5-13(6-4-10)20-14-12(7-11(8-17)15(20)21)9-18-16(19-14)22-2;8-6-3-1-2-5(4-6)7(9)10/h2-4,9-10,12-13,18H,5-8H2,1H3,(H2,24,29)(H,25,26,27);7,9-10,13H,3-6H2,1-2H3;1-4H,8H2,(H2,9,10). The van der Waals surface area contributed by atoms with Gasteiger partial charge < -0.3 is 22.5 Å². The van der Waals surface area contributed by atoms with Crippen LogP contribution in [-0.4, -0.2) is 47.1 Å². The Kier molecular flexibility index (Phi) is 14.3. The second-order valence-electron chi connectivity index (χ2n) is 15.7. The zero-order chi connectivity index (χ0) is 44.5. The second-order valence-corrected chi connectivity index (χ2v) is 16.5. The Hall–Kier alpha value is -7.11. The predicted molar refractivity (Wildman–Crippen MR) is 240 cm³/mol. The molecule has 62 heavy (non-hydrogen) atoms. The first-order chi connectivity index (χ1) is 29.8. The predicted octanol–water partition coefficient (Wildman–Crippen LogP) is 6.76. The number of nitriles is 2. The van der Waals surface area contributed by atoms with Gasteiger partial charge in [0.2, 0.25) is 17.8 Å². The van der Waals surface area contributed by atoms with Crippen LogP contribution in [0.5, 0.6) is 0 Å². The highest BCUT2D eigenvalue weighted by Gasteiger charge is 2.26. The van der Waals surface area contributed by atoms with E-state index in [2.05, 4.69) is 39.1 Å². The van der Waals surface area contributed by atoms with Gasteiger partial charge in [0, 0.05) is 57.8 Å². The molecule has 2 fully saturated rings. The van der Waals surface area contributed by atoms with Crippen LogP contribution in [0, 0.1) is 34.5 Å². The number of rotatable bonds is 7. The van der Waals surface area contributed by atoms with Gasteiger partial charge in [-0.05, 0) is 118 Å². The van der Waals surface area contributed by atoms with Crippen LogP contribution in [0.2, 0.25) is 0 Å². The fraction of sp³-hybridized carbons (Fsp3) is 0.333. The Morgan fingerprint density at radius 3 is 1.66 bits per heavy atom. The first-order valence-corrected chi connectivity index (χ1v) is 21.5. The lowest BCUT2D eigenvalue weighted by Gasteiger charge is -2.28. The van der Waals surface area contributed by atoms with Gasteiger partial charge in [-0.15, -0.1) is 0 Å². The van der Waals surface area contributed by atoms with Gasteiger partial charge in [0.05, 0.1) is 0 Å². The van der Waals surface area contributed by atoms with Gasteiger partial charge in [-0.2, -0.15) is 15.5 Å². The van der Waals surface area contributed by atoms with Gasteiger partial charge in [-0.25, -0.2) is 15.0 Å². The quantitative estimate of drug-likeness (QED) is 0.0735. The number of hydrogen-bond donors (Lipinski definition) is 4. The Morgan fingerprint density at radius 2 is 1.19 bits per heavy atom. The van der Waals surface area contributed by atoms with Crippen molar-refractivity contribution in [2.24, 2.45) is 23.3 Å². The van der Waals surface area contributed by atoms with Crippen molar-refractivity contribution in [3.05, 3.63) is 116 Å². The maximum Gasteiger partial charge on any atom is 0.270 e. The van der Waals surface area contributed by atoms with Crippen molar-refractivity contribution in [3.63, 3.8) is 0 Å². The average Bonchev–Trinajstić information content (AvgIpc) is 3.27. The minimum atomic E-state index is -0.525. The smallest absolute Gasteiger partial charge is 0.270 e. The molecule has 4 heterocycles. The summed E-state index contributed by atoms with van der Waals surface area (Å²) in [5.74, 6) is 0.654. The van der Waals surface area contributed by atoms with E-state index in [1.54, 1.807) is 76.1 Å². The summed E-state index contributed by atoms with van der Waals surface area (Å²) in [4.78, 5) is 65.3. The number of thioether (sulfide) groups is 1. The number of benzene rings is 2. The number of aromatic nitrogens is 6. The van der Waals surface area contributed by atoms with Crippen molar-refractivity contribution >= 4 is 63.0 Å². The molecule has 2 saturated carbocycles. The molecule has 0 saturated heterocycles. The molecule has 0 bridgehead atoms. The van der Waals surface area contributed by atoms with E-state index in [9.17, 15) is 29.7 Å². The van der Waals surface area contributed by atoms with Crippen LogP contribution in [0.15, 0.2) is 87.8 Å². The van der Waals surface area contributed by atoms with Crippen molar-refractivity contribution in [2.75, 3.05) is 17.3 Å². The molecule has 8 rings (SSSR count). The summed E-state index contributed by atoms with van der Waals surface area (Å²) in [5.41, 5.74) is 18.6. The van der Waals surface area contributed by atoms with Gasteiger partial charge in [0.25, 0.3) is 11.1 Å². The summed E-state index contributed by atoms with van der Waals surface area (Å²) >= 11 is 1.45. The molecule has 4 aromatic heterocycles. The van der Waals surface area contributed by atoms with Gasteiger partial charge in [-0.3, -0.25) is 28.3 Å². The Bertz CT molecular complexity index is 2830. The SMILES string of the molecule is CC1CCC(n2c(=O)c(C#N)cc3cnc(Nc4cccc(C(N)=O)c4)nc32)CC1.CSc1ncc2cc(C#N)c(=O)n(C3CCC(C)CC3)c2n1.NC(=O)c1cccc(N)c1. The fourth-order valence-corrected chi connectivity index (χ4v) is 8.13.